The van der Waals surface area contributed by atoms with Gasteiger partial charge in [0.15, 0.2) is 5.82 Å². The van der Waals surface area contributed by atoms with Gasteiger partial charge < -0.3 is 0 Å². The van der Waals surface area contributed by atoms with E-state index in [0.717, 1.165) is 10.7 Å². The van der Waals surface area contributed by atoms with Crippen LogP contribution in [0.2, 0.25) is 0 Å². The predicted octanol–water partition coefficient (Wildman–Crippen LogP) is 3.96. The summed E-state index contributed by atoms with van der Waals surface area (Å²) >= 11 is 3.02. The molecule has 6 heteroatoms. The van der Waals surface area contributed by atoms with Crippen molar-refractivity contribution in [1.82, 2.24) is 15.2 Å². The largest absolute Gasteiger partial charge is 0.257 e. The van der Waals surface area contributed by atoms with Gasteiger partial charge in [0.2, 0.25) is 5.16 Å². The Balaban J connectivity index is 1.70. The molecule has 0 fully saturated rings. The molecule has 2 aromatic heterocycles. The molecule has 0 spiro atoms. The number of hydrogen-bond acceptors (Lipinski definition) is 4. The van der Waals surface area contributed by atoms with Gasteiger partial charge >= 0.3 is 0 Å². The number of nitrogens with one attached hydrogen (secondary N) is 1. The van der Waals surface area contributed by atoms with Crippen LogP contribution in [0.15, 0.2) is 46.9 Å². The molecule has 0 bridgehead atoms. The first-order valence-electron chi connectivity index (χ1n) is 5.65. The fourth-order valence-electron chi connectivity index (χ4n) is 1.59. The average Bonchev–Trinajstić information content (AvgIpc) is 3.09. The van der Waals surface area contributed by atoms with Crippen LogP contribution in [-0.4, -0.2) is 15.2 Å². The molecule has 3 nitrogen and oxygen atoms in total. The SMILES string of the molecule is Fc1ccccc1CSc1n[nH]c(-c2cccs2)n1. The average molecular weight is 291 g/mol. The Hall–Kier alpha value is -1.66. The summed E-state index contributed by atoms with van der Waals surface area (Å²) in [5.41, 5.74) is 0.662. The van der Waals surface area contributed by atoms with E-state index in [1.54, 1.807) is 23.5 Å². The lowest BCUT2D eigenvalue weighted by Crippen LogP contribution is -1.87. The lowest BCUT2D eigenvalue weighted by Gasteiger charge is -1.99. The second-order valence-corrected chi connectivity index (χ2v) is 5.71. The van der Waals surface area contributed by atoms with E-state index in [0.29, 0.717) is 16.5 Å². The molecule has 0 aliphatic heterocycles. The zero-order chi connectivity index (χ0) is 13.1. The van der Waals surface area contributed by atoms with E-state index in [1.165, 1.54) is 17.8 Å². The topological polar surface area (TPSA) is 41.6 Å². The predicted molar refractivity (Wildman–Crippen MR) is 75.7 cm³/mol. The van der Waals surface area contributed by atoms with E-state index in [-0.39, 0.29) is 5.82 Å². The Labute approximate surface area is 117 Å². The van der Waals surface area contributed by atoms with E-state index >= 15 is 0 Å². The van der Waals surface area contributed by atoms with Crippen LogP contribution in [-0.2, 0) is 5.75 Å². The molecule has 0 amide bonds. The second kappa shape index (κ2) is 5.54. The van der Waals surface area contributed by atoms with Crippen molar-refractivity contribution in [3.63, 3.8) is 0 Å². The molecule has 1 N–H and O–H groups in total. The molecular weight excluding hydrogens is 281 g/mol. The normalized spacial score (nSPS) is 10.8. The van der Waals surface area contributed by atoms with E-state index in [2.05, 4.69) is 15.2 Å². The van der Waals surface area contributed by atoms with Gasteiger partial charge in [0.25, 0.3) is 0 Å². The third kappa shape index (κ3) is 2.85. The molecule has 0 aliphatic carbocycles. The van der Waals surface area contributed by atoms with Crippen molar-refractivity contribution < 1.29 is 4.39 Å². The molecule has 3 rings (SSSR count). The maximum Gasteiger partial charge on any atom is 0.209 e. The highest BCUT2D eigenvalue weighted by atomic mass is 32.2. The summed E-state index contributed by atoms with van der Waals surface area (Å²) in [6.45, 7) is 0. The number of aromatic nitrogens is 3. The number of halogens is 1. The van der Waals surface area contributed by atoms with Crippen LogP contribution in [0.4, 0.5) is 4.39 Å². The van der Waals surface area contributed by atoms with Crippen molar-refractivity contribution in [2.75, 3.05) is 0 Å². The van der Waals surface area contributed by atoms with Crippen LogP contribution in [0, 0.1) is 5.82 Å². The Morgan fingerprint density at radius 3 is 2.89 bits per heavy atom. The van der Waals surface area contributed by atoms with Gasteiger partial charge in [-0.3, -0.25) is 5.10 Å². The quantitative estimate of drug-likeness (QED) is 0.740. The van der Waals surface area contributed by atoms with Crippen molar-refractivity contribution in [3.8, 4) is 10.7 Å². The zero-order valence-corrected chi connectivity index (χ0v) is 11.5. The lowest BCUT2D eigenvalue weighted by atomic mass is 10.2. The number of nitrogens with zero attached hydrogens (tertiary/aromatic N) is 2. The van der Waals surface area contributed by atoms with E-state index in [9.17, 15) is 4.39 Å². The number of hydrogen-bond donors (Lipinski definition) is 1. The molecule has 0 unspecified atom stereocenters. The van der Waals surface area contributed by atoms with Crippen LogP contribution >= 0.6 is 23.1 Å². The molecule has 19 heavy (non-hydrogen) atoms. The van der Waals surface area contributed by atoms with Crippen molar-refractivity contribution in [2.24, 2.45) is 0 Å². The molecule has 0 aliphatic rings. The van der Waals surface area contributed by atoms with Gasteiger partial charge in [-0.15, -0.1) is 16.4 Å². The number of rotatable bonds is 4. The lowest BCUT2D eigenvalue weighted by molar-refractivity contribution is 0.617. The summed E-state index contributed by atoms with van der Waals surface area (Å²) in [5.74, 6) is 1.09. The minimum atomic E-state index is -0.191. The number of thiophene rings is 1. The molecule has 0 saturated heterocycles. The van der Waals surface area contributed by atoms with Gasteiger partial charge in [-0.25, -0.2) is 9.37 Å². The summed E-state index contributed by atoms with van der Waals surface area (Å²) in [5, 5.41) is 9.64. The highest BCUT2D eigenvalue weighted by molar-refractivity contribution is 7.98. The molecule has 2 heterocycles. The van der Waals surface area contributed by atoms with Crippen LogP contribution in [0.25, 0.3) is 10.7 Å². The minimum Gasteiger partial charge on any atom is -0.257 e. The van der Waals surface area contributed by atoms with Crippen LogP contribution in [0.5, 0.6) is 0 Å². The van der Waals surface area contributed by atoms with Gasteiger partial charge in [0.05, 0.1) is 4.88 Å². The van der Waals surface area contributed by atoms with Gasteiger partial charge in [-0.2, -0.15) is 0 Å². The molecular formula is C13H10FN3S2. The summed E-state index contributed by atoms with van der Waals surface area (Å²) in [6, 6.07) is 10.7. The Morgan fingerprint density at radius 1 is 1.21 bits per heavy atom. The third-order valence-electron chi connectivity index (χ3n) is 2.53. The molecule has 3 aromatic rings. The first kappa shape index (κ1) is 12.4. The highest BCUT2D eigenvalue weighted by Crippen LogP contribution is 2.25. The first-order valence-corrected chi connectivity index (χ1v) is 7.52. The number of H-pyrrole nitrogens is 1. The number of aromatic amines is 1. The van der Waals surface area contributed by atoms with Crippen LogP contribution < -0.4 is 0 Å². The zero-order valence-electron chi connectivity index (χ0n) is 9.84. The smallest absolute Gasteiger partial charge is 0.209 e. The maximum atomic E-state index is 13.5. The minimum absolute atomic E-state index is 0.191. The monoisotopic (exact) mass is 291 g/mol. The Morgan fingerprint density at radius 2 is 2.11 bits per heavy atom. The van der Waals surface area contributed by atoms with Crippen molar-refractivity contribution >= 4 is 23.1 Å². The van der Waals surface area contributed by atoms with E-state index in [1.807, 2.05) is 23.6 Å². The number of thioether (sulfide) groups is 1. The molecule has 0 radical (unpaired) electrons. The van der Waals surface area contributed by atoms with Crippen LogP contribution in [0.1, 0.15) is 5.56 Å². The summed E-state index contributed by atoms with van der Waals surface area (Å²) in [4.78, 5) is 5.43. The van der Waals surface area contributed by atoms with E-state index < -0.39 is 0 Å². The van der Waals surface area contributed by atoms with Crippen LogP contribution in [0.3, 0.4) is 0 Å². The van der Waals surface area contributed by atoms with Gasteiger partial charge in [0.1, 0.15) is 5.82 Å². The second-order valence-electron chi connectivity index (χ2n) is 3.82. The van der Waals surface area contributed by atoms with Crippen molar-refractivity contribution in [1.29, 1.82) is 0 Å². The number of benzene rings is 1. The fourth-order valence-corrected chi connectivity index (χ4v) is 3.04. The molecule has 1 aromatic carbocycles. The summed E-state index contributed by atoms with van der Waals surface area (Å²) in [7, 11) is 0. The van der Waals surface area contributed by atoms with Gasteiger partial charge in [-0.1, -0.05) is 36.0 Å². The summed E-state index contributed by atoms with van der Waals surface area (Å²) in [6.07, 6.45) is 0. The standard InChI is InChI=1S/C13H10FN3S2/c14-10-5-2-1-4-9(10)8-19-13-15-12(16-17-13)11-6-3-7-18-11/h1-7H,8H2,(H,15,16,17). The van der Waals surface area contributed by atoms with E-state index in [4.69, 9.17) is 0 Å². The highest BCUT2D eigenvalue weighted by Gasteiger charge is 2.08. The Bertz CT molecular complexity index is 664. The fraction of sp³-hybridized carbons (Fsp3) is 0.0769. The molecule has 0 saturated carbocycles. The van der Waals surface area contributed by atoms with Crippen molar-refractivity contribution in [2.45, 2.75) is 10.9 Å². The Kier molecular flexibility index (Phi) is 3.61. The first-order chi connectivity index (χ1) is 9.33. The van der Waals surface area contributed by atoms with Gasteiger partial charge in [-0.05, 0) is 23.1 Å². The van der Waals surface area contributed by atoms with Crippen molar-refractivity contribution in [3.05, 3.63) is 53.2 Å². The van der Waals surface area contributed by atoms with Gasteiger partial charge in [0, 0.05) is 5.75 Å². The summed E-state index contributed by atoms with van der Waals surface area (Å²) < 4.78 is 13.5. The maximum absolute atomic E-state index is 13.5. The third-order valence-corrected chi connectivity index (χ3v) is 4.31. The molecule has 96 valence electrons. The molecule has 0 atom stereocenters.